The predicted octanol–water partition coefficient (Wildman–Crippen LogP) is 1.15. The van der Waals surface area contributed by atoms with E-state index in [1.54, 1.807) is 0 Å². The molecular formula is C12H21N3O. The number of hydrogen-bond acceptors (Lipinski definition) is 3. The zero-order valence-corrected chi connectivity index (χ0v) is 9.89. The van der Waals surface area contributed by atoms with Gasteiger partial charge in [0.25, 0.3) is 0 Å². The summed E-state index contributed by atoms with van der Waals surface area (Å²) in [6.07, 6.45) is 7.02. The molecule has 2 atom stereocenters. The highest BCUT2D eigenvalue weighted by Crippen LogP contribution is 2.24. The molecule has 2 N–H and O–H groups in total. The van der Waals surface area contributed by atoms with E-state index in [4.69, 9.17) is 0 Å². The first kappa shape index (κ1) is 11.6. The van der Waals surface area contributed by atoms with Crippen LogP contribution in [-0.4, -0.2) is 27.3 Å². The summed E-state index contributed by atoms with van der Waals surface area (Å²) in [7, 11) is 0. The van der Waals surface area contributed by atoms with Crippen molar-refractivity contribution < 1.29 is 5.11 Å². The van der Waals surface area contributed by atoms with Crippen molar-refractivity contribution in [2.24, 2.45) is 5.92 Å². The molecule has 1 saturated carbocycles. The van der Waals surface area contributed by atoms with Crippen LogP contribution in [0.4, 0.5) is 0 Å². The average molecular weight is 223 g/mol. The van der Waals surface area contributed by atoms with Crippen molar-refractivity contribution in [3.63, 3.8) is 0 Å². The third-order valence-electron chi connectivity index (χ3n) is 3.45. The molecule has 0 amide bonds. The summed E-state index contributed by atoms with van der Waals surface area (Å²) in [6, 6.07) is 0. The highest BCUT2D eigenvalue weighted by molar-refractivity contribution is 4.92. The van der Waals surface area contributed by atoms with Gasteiger partial charge in [-0.15, -0.1) is 0 Å². The summed E-state index contributed by atoms with van der Waals surface area (Å²) in [6.45, 7) is 4.77. The molecule has 1 heterocycles. The van der Waals surface area contributed by atoms with E-state index in [9.17, 15) is 5.11 Å². The van der Waals surface area contributed by atoms with Crippen LogP contribution in [0.15, 0.2) is 12.4 Å². The first-order chi connectivity index (χ1) is 7.81. The van der Waals surface area contributed by atoms with Gasteiger partial charge < -0.3 is 15.0 Å². The van der Waals surface area contributed by atoms with Crippen molar-refractivity contribution in [2.75, 3.05) is 6.54 Å². The van der Waals surface area contributed by atoms with Crippen molar-refractivity contribution in [1.29, 1.82) is 0 Å². The van der Waals surface area contributed by atoms with Gasteiger partial charge in [-0.05, 0) is 25.7 Å². The number of nitrogens with one attached hydrogen (secondary N) is 1. The lowest BCUT2D eigenvalue weighted by Crippen LogP contribution is -2.28. The van der Waals surface area contributed by atoms with Crippen LogP contribution in [0.2, 0.25) is 0 Å². The zero-order valence-electron chi connectivity index (χ0n) is 9.89. The number of rotatable bonds is 5. The molecule has 1 aromatic heterocycles. The van der Waals surface area contributed by atoms with Gasteiger partial charge in [0, 0.05) is 25.5 Å². The molecule has 2 rings (SSSR count). The Labute approximate surface area is 96.7 Å². The maximum absolute atomic E-state index is 9.69. The van der Waals surface area contributed by atoms with Gasteiger partial charge in [0.05, 0.1) is 12.6 Å². The van der Waals surface area contributed by atoms with Crippen molar-refractivity contribution in [3.05, 3.63) is 18.2 Å². The molecule has 0 aliphatic heterocycles. The zero-order chi connectivity index (χ0) is 11.4. The molecule has 0 radical (unpaired) electrons. The molecule has 0 bridgehead atoms. The second-order valence-electron chi connectivity index (χ2n) is 4.52. The number of aliphatic hydroxyl groups excluding tert-OH is 1. The number of aliphatic hydroxyl groups is 1. The van der Waals surface area contributed by atoms with E-state index in [0.717, 1.165) is 44.7 Å². The van der Waals surface area contributed by atoms with Crippen LogP contribution in [0.1, 0.15) is 32.0 Å². The number of aromatic nitrogens is 2. The largest absolute Gasteiger partial charge is 0.393 e. The van der Waals surface area contributed by atoms with Gasteiger partial charge in [0.15, 0.2) is 0 Å². The summed E-state index contributed by atoms with van der Waals surface area (Å²) in [4.78, 5) is 4.31. The Hall–Kier alpha value is -0.870. The molecule has 1 aromatic rings. The van der Waals surface area contributed by atoms with E-state index in [1.807, 2.05) is 12.4 Å². The van der Waals surface area contributed by atoms with Crippen LogP contribution >= 0.6 is 0 Å². The van der Waals surface area contributed by atoms with Crippen LogP contribution in [0.5, 0.6) is 0 Å². The third-order valence-corrected chi connectivity index (χ3v) is 3.45. The van der Waals surface area contributed by atoms with Crippen LogP contribution in [0.25, 0.3) is 0 Å². The van der Waals surface area contributed by atoms with Crippen molar-refractivity contribution in [3.8, 4) is 0 Å². The van der Waals surface area contributed by atoms with E-state index in [2.05, 4.69) is 21.8 Å². The number of imidazole rings is 1. The highest BCUT2D eigenvalue weighted by atomic mass is 16.3. The summed E-state index contributed by atoms with van der Waals surface area (Å²) in [5.41, 5.74) is 0. The van der Waals surface area contributed by atoms with Crippen LogP contribution < -0.4 is 5.32 Å². The molecule has 4 heteroatoms. The first-order valence-electron chi connectivity index (χ1n) is 6.20. The summed E-state index contributed by atoms with van der Waals surface area (Å²) < 4.78 is 2.14. The van der Waals surface area contributed by atoms with E-state index < -0.39 is 0 Å². The van der Waals surface area contributed by atoms with E-state index in [1.165, 1.54) is 0 Å². The summed E-state index contributed by atoms with van der Waals surface area (Å²) in [5.74, 6) is 1.51. The molecule has 90 valence electrons. The first-order valence-corrected chi connectivity index (χ1v) is 6.20. The lowest BCUT2D eigenvalue weighted by atomic mass is 10.1. The topological polar surface area (TPSA) is 50.1 Å². The molecule has 4 nitrogen and oxygen atoms in total. The van der Waals surface area contributed by atoms with Gasteiger partial charge in [-0.25, -0.2) is 4.98 Å². The SMILES string of the molecule is CCn1ccnc1CNCC1CCCC1O. The minimum atomic E-state index is -0.0987. The molecule has 0 spiro atoms. The second kappa shape index (κ2) is 5.46. The summed E-state index contributed by atoms with van der Waals surface area (Å²) >= 11 is 0. The number of hydrogen-bond donors (Lipinski definition) is 2. The third kappa shape index (κ3) is 2.62. The summed E-state index contributed by atoms with van der Waals surface area (Å²) in [5, 5.41) is 13.1. The number of nitrogens with zero attached hydrogens (tertiary/aromatic N) is 2. The number of aryl methyl sites for hydroxylation is 1. The Morgan fingerprint density at radius 1 is 1.56 bits per heavy atom. The molecule has 1 aliphatic rings. The standard InChI is InChI=1S/C12H21N3O/c1-2-15-7-6-14-12(15)9-13-8-10-4-3-5-11(10)16/h6-7,10-11,13,16H,2-5,8-9H2,1H3. The molecule has 0 saturated heterocycles. The fraction of sp³-hybridized carbons (Fsp3) is 0.750. The van der Waals surface area contributed by atoms with Gasteiger partial charge in [0.1, 0.15) is 5.82 Å². The van der Waals surface area contributed by atoms with E-state index in [0.29, 0.717) is 5.92 Å². The van der Waals surface area contributed by atoms with Gasteiger partial charge in [0.2, 0.25) is 0 Å². The molecule has 1 fully saturated rings. The van der Waals surface area contributed by atoms with Crippen LogP contribution in [0.3, 0.4) is 0 Å². The molecular weight excluding hydrogens is 202 g/mol. The monoisotopic (exact) mass is 223 g/mol. The Morgan fingerprint density at radius 3 is 3.12 bits per heavy atom. The predicted molar refractivity (Wildman–Crippen MR) is 63.0 cm³/mol. The quantitative estimate of drug-likeness (QED) is 0.787. The molecule has 1 aliphatic carbocycles. The average Bonchev–Trinajstić information content (AvgIpc) is 2.88. The lowest BCUT2D eigenvalue weighted by molar-refractivity contribution is 0.131. The molecule has 0 aromatic carbocycles. The van der Waals surface area contributed by atoms with E-state index in [-0.39, 0.29) is 6.10 Å². The maximum atomic E-state index is 9.69. The van der Waals surface area contributed by atoms with Crippen molar-refractivity contribution in [1.82, 2.24) is 14.9 Å². The van der Waals surface area contributed by atoms with Gasteiger partial charge in [-0.3, -0.25) is 0 Å². The van der Waals surface area contributed by atoms with Crippen LogP contribution in [-0.2, 0) is 13.1 Å². The fourth-order valence-corrected chi connectivity index (χ4v) is 2.42. The fourth-order valence-electron chi connectivity index (χ4n) is 2.42. The normalized spacial score (nSPS) is 25.1. The Bertz CT molecular complexity index is 324. The smallest absolute Gasteiger partial charge is 0.122 e. The Balaban J connectivity index is 1.75. The van der Waals surface area contributed by atoms with Crippen molar-refractivity contribution >= 4 is 0 Å². The molecule has 16 heavy (non-hydrogen) atoms. The van der Waals surface area contributed by atoms with Crippen molar-refractivity contribution in [2.45, 2.75) is 45.4 Å². The van der Waals surface area contributed by atoms with Crippen LogP contribution in [0, 0.1) is 5.92 Å². The Morgan fingerprint density at radius 2 is 2.44 bits per heavy atom. The molecule has 2 unspecified atom stereocenters. The Kier molecular flexibility index (Phi) is 3.96. The maximum Gasteiger partial charge on any atom is 0.122 e. The van der Waals surface area contributed by atoms with Gasteiger partial charge >= 0.3 is 0 Å². The second-order valence-corrected chi connectivity index (χ2v) is 4.52. The minimum Gasteiger partial charge on any atom is -0.393 e. The van der Waals surface area contributed by atoms with E-state index >= 15 is 0 Å². The highest BCUT2D eigenvalue weighted by Gasteiger charge is 2.24. The van der Waals surface area contributed by atoms with Gasteiger partial charge in [-0.2, -0.15) is 0 Å². The van der Waals surface area contributed by atoms with Gasteiger partial charge in [-0.1, -0.05) is 6.42 Å². The lowest BCUT2D eigenvalue weighted by Gasteiger charge is -2.15. The minimum absolute atomic E-state index is 0.0987.